The molecular formula is C14H19N5O4S. The van der Waals surface area contributed by atoms with Gasteiger partial charge in [-0.05, 0) is 0 Å². The Hall–Kier alpha value is -2.30. The summed E-state index contributed by atoms with van der Waals surface area (Å²) in [6.07, 6.45) is 0. The molecule has 0 unspecified atom stereocenters. The largest absolute Gasteiger partial charge is 0.495 e. The molecule has 0 saturated carbocycles. The second-order valence-corrected chi connectivity index (χ2v) is 5.22. The lowest BCUT2D eigenvalue weighted by Crippen LogP contribution is -2.12. The molecule has 1 aromatic heterocycles. The van der Waals surface area contributed by atoms with Gasteiger partial charge in [0.15, 0.2) is 0 Å². The first-order valence-electron chi connectivity index (χ1n) is 7.15. The number of rotatable bonds is 10. The highest BCUT2D eigenvalue weighted by Gasteiger charge is 2.11. The van der Waals surface area contributed by atoms with Gasteiger partial charge in [0.25, 0.3) is 5.13 Å². The lowest BCUT2D eigenvalue weighted by atomic mass is 10.2. The average Bonchev–Trinajstić information content (AvgIpc) is 3.13. The number of ether oxygens (including phenoxy) is 3. The van der Waals surface area contributed by atoms with Crippen LogP contribution in [0.4, 0.5) is 16.5 Å². The number of aliphatic hydroxyl groups excluding tert-OH is 1. The van der Waals surface area contributed by atoms with Crippen molar-refractivity contribution in [1.82, 2.24) is 10.2 Å². The zero-order valence-electron chi connectivity index (χ0n) is 13.4. The topological polar surface area (TPSA) is 110 Å². The summed E-state index contributed by atoms with van der Waals surface area (Å²) in [5.41, 5.74) is 2.85. The monoisotopic (exact) mass is 353 g/mol. The Morgan fingerprint density at radius 1 is 1.17 bits per heavy atom. The first kappa shape index (κ1) is 18.0. The van der Waals surface area contributed by atoms with Crippen molar-refractivity contribution in [1.29, 1.82) is 0 Å². The summed E-state index contributed by atoms with van der Waals surface area (Å²) < 4.78 is 15.9. The Balaban J connectivity index is 2.12. The van der Waals surface area contributed by atoms with Crippen molar-refractivity contribution in [2.24, 2.45) is 10.2 Å². The number of nitrogens with one attached hydrogen (secondary N) is 1. The van der Waals surface area contributed by atoms with Crippen LogP contribution < -0.4 is 14.8 Å². The Kier molecular flexibility index (Phi) is 7.33. The van der Waals surface area contributed by atoms with Crippen LogP contribution >= 0.6 is 11.3 Å². The number of nitrogens with zero attached hydrogens (tertiary/aromatic N) is 4. The SMILES string of the molecule is COc1cc(NCCOCCO)c(OC)cc1N=Nc1nncs1. The zero-order chi connectivity index (χ0) is 17.2. The van der Waals surface area contributed by atoms with Gasteiger partial charge in [0, 0.05) is 18.7 Å². The van der Waals surface area contributed by atoms with Gasteiger partial charge in [0.1, 0.15) is 22.7 Å². The van der Waals surface area contributed by atoms with Gasteiger partial charge >= 0.3 is 0 Å². The molecule has 0 atom stereocenters. The van der Waals surface area contributed by atoms with E-state index in [4.69, 9.17) is 19.3 Å². The fraction of sp³-hybridized carbons (Fsp3) is 0.429. The zero-order valence-corrected chi connectivity index (χ0v) is 14.2. The van der Waals surface area contributed by atoms with Gasteiger partial charge in [-0.2, -0.15) is 0 Å². The minimum atomic E-state index is 0.00542. The van der Waals surface area contributed by atoms with Gasteiger partial charge in [-0.15, -0.1) is 20.4 Å². The van der Waals surface area contributed by atoms with Gasteiger partial charge in [0.2, 0.25) is 0 Å². The van der Waals surface area contributed by atoms with E-state index in [9.17, 15) is 0 Å². The normalized spacial score (nSPS) is 11.0. The summed E-state index contributed by atoms with van der Waals surface area (Å²) in [6, 6.07) is 3.50. The molecule has 2 N–H and O–H groups in total. The number of methoxy groups -OCH3 is 2. The maximum atomic E-state index is 8.67. The van der Waals surface area contributed by atoms with Gasteiger partial charge in [-0.3, -0.25) is 0 Å². The third kappa shape index (κ3) is 5.11. The van der Waals surface area contributed by atoms with E-state index in [-0.39, 0.29) is 6.61 Å². The van der Waals surface area contributed by atoms with E-state index in [1.54, 1.807) is 31.9 Å². The van der Waals surface area contributed by atoms with Crippen molar-refractivity contribution in [3.05, 3.63) is 17.6 Å². The number of hydrogen-bond acceptors (Lipinski definition) is 10. The van der Waals surface area contributed by atoms with Crippen LogP contribution in [0, 0.1) is 0 Å². The minimum Gasteiger partial charge on any atom is -0.495 e. The standard InChI is InChI=1S/C14H19N5O4S/c1-21-12-8-11(17-19-14-18-16-9-24-14)13(22-2)7-10(12)15-3-5-23-6-4-20/h7-9,15,20H,3-6H2,1-2H3. The highest BCUT2D eigenvalue weighted by Crippen LogP contribution is 2.38. The number of aromatic nitrogens is 2. The highest BCUT2D eigenvalue weighted by atomic mass is 32.1. The van der Waals surface area contributed by atoms with Gasteiger partial charge in [-0.25, -0.2) is 0 Å². The van der Waals surface area contributed by atoms with Crippen LogP contribution in [0.5, 0.6) is 11.5 Å². The van der Waals surface area contributed by atoms with Crippen molar-refractivity contribution in [2.75, 3.05) is 45.9 Å². The van der Waals surface area contributed by atoms with E-state index in [0.717, 1.165) is 5.69 Å². The number of hydrogen-bond donors (Lipinski definition) is 2. The molecular weight excluding hydrogens is 334 g/mol. The van der Waals surface area contributed by atoms with Crippen LogP contribution in [0.3, 0.4) is 0 Å². The summed E-state index contributed by atoms with van der Waals surface area (Å²) >= 11 is 1.29. The molecule has 2 rings (SSSR count). The Labute approximate surface area is 143 Å². The predicted molar refractivity (Wildman–Crippen MR) is 90.0 cm³/mol. The summed E-state index contributed by atoms with van der Waals surface area (Å²) in [5.74, 6) is 1.15. The van der Waals surface area contributed by atoms with Crippen LogP contribution in [0.2, 0.25) is 0 Å². The maximum absolute atomic E-state index is 8.67. The maximum Gasteiger partial charge on any atom is 0.251 e. The molecule has 0 fully saturated rings. The molecule has 1 heterocycles. The van der Waals surface area contributed by atoms with Crippen molar-refractivity contribution in [3.63, 3.8) is 0 Å². The van der Waals surface area contributed by atoms with Gasteiger partial charge in [0.05, 0.1) is 39.7 Å². The van der Waals surface area contributed by atoms with E-state index < -0.39 is 0 Å². The second-order valence-electron chi connectivity index (χ2n) is 4.41. The van der Waals surface area contributed by atoms with Crippen molar-refractivity contribution in [2.45, 2.75) is 0 Å². The highest BCUT2D eigenvalue weighted by molar-refractivity contribution is 7.13. The molecule has 0 radical (unpaired) electrons. The summed E-state index contributed by atoms with van der Waals surface area (Å²) in [7, 11) is 3.13. The summed E-state index contributed by atoms with van der Waals surface area (Å²) in [4.78, 5) is 0. The minimum absolute atomic E-state index is 0.00542. The number of benzene rings is 1. The Morgan fingerprint density at radius 3 is 2.67 bits per heavy atom. The third-order valence-electron chi connectivity index (χ3n) is 2.89. The lowest BCUT2D eigenvalue weighted by molar-refractivity contribution is 0.0992. The number of aliphatic hydroxyl groups is 1. The fourth-order valence-corrected chi connectivity index (χ4v) is 2.20. The smallest absolute Gasteiger partial charge is 0.251 e. The number of azo groups is 1. The Bertz CT molecular complexity index is 651. The molecule has 2 aromatic rings. The van der Waals surface area contributed by atoms with Crippen molar-refractivity contribution >= 4 is 27.8 Å². The summed E-state index contributed by atoms with van der Waals surface area (Å²) in [5, 5.41) is 28.0. The molecule has 9 nitrogen and oxygen atoms in total. The van der Waals surface area contributed by atoms with Crippen molar-refractivity contribution < 1.29 is 19.3 Å². The Morgan fingerprint density at radius 2 is 2.00 bits per heavy atom. The van der Waals surface area contributed by atoms with E-state index in [0.29, 0.717) is 42.1 Å². The molecule has 0 spiro atoms. The fourth-order valence-electron chi connectivity index (χ4n) is 1.83. The van der Waals surface area contributed by atoms with Crippen LogP contribution in [-0.4, -0.2) is 55.9 Å². The molecule has 10 heteroatoms. The third-order valence-corrected chi connectivity index (χ3v) is 3.46. The number of anilines is 1. The molecule has 1 aromatic carbocycles. The van der Waals surface area contributed by atoms with Gasteiger partial charge < -0.3 is 24.6 Å². The predicted octanol–water partition coefficient (Wildman–Crippen LogP) is 2.39. The van der Waals surface area contributed by atoms with E-state index in [2.05, 4.69) is 25.7 Å². The lowest BCUT2D eigenvalue weighted by Gasteiger charge is -2.14. The van der Waals surface area contributed by atoms with Crippen molar-refractivity contribution in [3.8, 4) is 11.5 Å². The molecule has 0 aliphatic rings. The molecule has 0 saturated heterocycles. The molecule has 0 aliphatic heterocycles. The molecule has 0 aliphatic carbocycles. The summed E-state index contributed by atoms with van der Waals surface area (Å²) in [6.45, 7) is 1.34. The van der Waals surface area contributed by atoms with E-state index in [1.165, 1.54) is 11.3 Å². The first-order chi connectivity index (χ1) is 11.8. The van der Waals surface area contributed by atoms with Gasteiger partial charge in [-0.1, -0.05) is 11.3 Å². The van der Waals surface area contributed by atoms with Crippen LogP contribution in [0.25, 0.3) is 0 Å². The molecule has 24 heavy (non-hydrogen) atoms. The van der Waals surface area contributed by atoms with Crippen LogP contribution in [-0.2, 0) is 4.74 Å². The van der Waals surface area contributed by atoms with Crippen LogP contribution in [0.1, 0.15) is 0 Å². The second kappa shape index (κ2) is 9.75. The van der Waals surface area contributed by atoms with E-state index >= 15 is 0 Å². The first-order valence-corrected chi connectivity index (χ1v) is 8.03. The molecule has 0 bridgehead atoms. The molecule has 0 amide bonds. The van der Waals surface area contributed by atoms with Crippen LogP contribution in [0.15, 0.2) is 27.9 Å². The average molecular weight is 353 g/mol. The van der Waals surface area contributed by atoms with E-state index in [1.807, 2.05) is 0 Å². The quantitative estimate of drug-likeness (QED) is 0.498. The molecule has 130 valence electrons.